The Morgan fingerprint density at radius 3 is 2.52 bits per heavy atom. The second kappa shape index (κ2) is 7.84. The highest BCUT2D eigenvalue weighted by atomic mass is 16.5. The Hall–Kier alpha value is -1.02. The Morgan fingerprint density at radius 2 is 1.90 bits per heavy atom. The third-order valence-electron chi connectivity index (χ3n) is 4.89. The molecule has 2 heteroatoms. The van der Waals surface area contributed by atoms with Gasteiger partial charge >= 0.3 is 0 Å². The number of ether oxygens (including phenoxy) is 1. The zero-order chi connectivity index (χ0) is 15.2. The van der Waals surface area contributed by atoms with E-state index in [1.165, 1.54) is 43.2 Å². The van der Waals surface area contributed by atoms with Crippen molar-refractivity contribution in [2.75, 3.05) is 13.7 Å². The van der Waals surface area contributed by atoms with Crippen molar-refractivity contribution in [1.82, 2.24) is 5.32 Å². The predicted octanol–water partition coefficient (Wildman–Crippen LogP) is 4.67. The quantitative estimate of drug-likeness (QED) is 0.822. The van der Waals surface area contributed by atoms with Crippen molar-refractivity contribution in [3.05, 3.63) is 29.3 Å². The lowest BCUT2D eigenvalue weighted by molar-refractivity contribution is 0.192. The van der Waals surface area contributed by atoms with Crippen LogP contribution in [0.1, 0.15) is 63.0 Å². The summed E-state index contributed by atoms with van der Waals surface area (Å²) in [5.74, 6) is 2.38. The van der Waals surface area contributed by atoms with Gasteiger partial charge in [0.2, 0.25) is 0 Å². The molecule has 0 aliphatic heterocycles. The van der Waals surface area contributed by atoms with Crippen LogP contribution in [0.2, 0.25) is 0 Å². The zero-order valence-corrected chi connectivity index (χ0v) is 14.1. The smallest absolute Gasteiger partial charge is 0.122 e. The molecule has 0 bridgehead atoms. The van der Waals surface area contributed by atoms with Gasteiger partial charge in [-0.25, -0.2) is 0 Å². The minimum atomic E-state index is 0.479. The zero-order valence-electron chi connectivity index (χ0n) is 14.1. The number of hydrogen-bond acceptors (Lipinski definition) is 2. The fraction of sp³-hybridized carbons (Fsp3) is 0.684. The monoisotopic (exact) mass is 289 g/mol. The molecule has 1 aromatic carbocycles. The summed E-state index contributed by atoms with van der Waals surface area (Å²) < 4.78 is 6.17. The molecule has 1 atom stereocenters. The van der Waals surface area contributed by atoms with Crippen LogP contribution >= 0.6 is 0 Å². The molecule has 2 nitrogen and oxygen atoms in total. The molecule has 0 saturated heterocycles. The number of nitrogens with one attached hydrogen (secondary N) is 1. The molecular weight excluding hydrogens is 258 g/mol. The van der Waals surface area contributed by atoms with Crippen molar-refractivity contribution in [3.8, 4) is 5.75 Å². The summed E-state index contributed by atoms with van der Waals surface area (Å²) in [6, 6.07) is 7.09. The van der Waals surface area contributed by atoms with E-state index in [1.807, 2.05) is 0 Å². The lowest BCUT2D eigenvalue weighted by atomic mass is 9.84. The fourth-order valence-electron chi connectivity index (χ4n) is 3.30. The molecule has 1 aliphatic carbocycles. The van der Waals surface area contributed by atoms with Crippen LogP contribution in [0.25, 0.3) is 0 Å². The SMILES string of the molecule is CNC(COc1cc(C(C)C)ccc1C)C1CCCCC1. The maximum Gasteiger partial charge on any atom is 0.122 e. The highest BCUT2D eigenvalue weighted by Crippen LogP contribution is 2.28. The van der Waals surface area contributed by atoms with E-state index in [0.29, 0.717) is 12.0 Å². The normalized spacial score (nSPS) is 18.0. The first-order valence-electron chi connectivity index (χ1n) is 8.52. The van der Waals surface area contributed by atoms with E-state index >= 15 is 0 Å². The van der Waals surface area contributed by atoms with Crippen LogP contribution in [0.4, 0.5) is 0 Å². The van der Waals surface area contributed by atoms with Gasteiger partial charge in [-0.3, -0.25) is 0 Å². The summed E-state index contributed by atoms with van der Waals surface area (Å²) in [6.45, 7) is 7.37. The van der Waals surface area contributed by atoms with Crippen LogP contribution in [0.3, 0.4) is 0 Å². The largest absolute Gasteiger partial charge is 0.492 e. The van der Waals surface area contributed by atoms with Crippen LogP contribution in [-0.2, 0) is 0 Å². The van der Waals surface area contributed by atoms with Crippen LogP contribution in [0.15, 0.2) is 18.2 Å². The molecule has 1 aliphatic rings. The summed E-state index contributed by atoms with van der Waals surface area (Å²) in [4.78, 5) is 0. The predicted molar refractivity (Wildman–Crippen MR) is 90.2 cm³/mol. The highest BCUT2D eigenvalue weighted by Gasteiger charge is 2.23. The lowest BCUT2D eigenvalue weighted by Crippen LogP contribution is -2.39. The summed E-state index contributed by atoms with van der Waals surface area (Å²) in [5, 5.41) is 3.47. The summed E-state index contributed by atoms with van der Waals surface area (Å²) in [6.07, 6.45) is 6.86. The second-order valence-electron chi connectivity index (χ2n) is 6.78. The van der Waals surface area contributed by atoms with Gasteiger partial charge in [0.15, 0.2) is 0 Å². The second-order valence-corrected chi connectivity index (χ2v) is 6.78. The van der Waals surface area contributed by atoms with E-state index in [-0.39, 0.29) is 0 Å². The first-order valence-corrected chi connectivity index (χ1v) is 8.52. The third kappa shape index (κ3) is 4.47. The van der Waals surface area contributed by atoms with Crippen molar-refractivity contribution in [2.45, 2.75) is 64.8 Å². The highest BCUT2D eigenvalue weighted by molar-refractivity contribution is 5.37. The van der Waals surface area contributed by atoms with E-state index in [0.717, 1.165) is 18.3 Å². The first-order chi connectivity index (χ1) is 10.1. The van der Waals surface area contributed by atoms with Gasteiger partial charge in [-0.2, -0.15) is 0 Å². The topological polar surface area (TPSA) is 21.3 Å². The van der Waals surface area contributed by atoms with Crippen molar-refractivity contribution >= 4 is 0 Å². The van der Waals surface area contributed by atoms with Crippen LogP contribution in [0.5, 0.6) is 5.75 Å². The fourth-order valence-corrected chi connectivity index (χ4v) is 3.30. The van der Waals surface area contributed by atoms with Gasteiger partial charge in [-0.05, 0) is 55.8 Å². The van der Waals surface area contributed by atoms with Crippen LogP contribution in [-0.4, -0.2) is 19.7 Å². The third-order valence-corrected chi connectivity index (χ3v) is 4.89. The Bertz CT molecular complexity index is 435. The van der Waals surface area contributed by atoms with Crippen LogP contribution in [0, 0.1) is 12.8 Å². The number of aryl methyl sites for hydroxylation is 1. The van der Waals surface area contributed by atoms with Gasteiger partial charge in [-0.15, -0.1) is 0 Å². The molecule has 0 amide bonds. The molecule has 1 saturated carbocycles. The number of likely N-dealkylation sites (N-methyl/N-ethyl adjacent to an activating group) is 1. The van der Waals surface area contributed by atoms with E-state index in [1.54, 1.807) is 0 Å². The molecule has 0 spiro atoms. The molecule has 0 aromatic heterocycles. The van der Waals surface area contributed by atoms with Gasteiger partial charge in [0.05, 0.1) is 0 Å². The molecule has 1 aromatic rings. The molecule has 1 unspecified atom stereocenters. The Labute approximate surface area is 130 Å². The Kier molecular flexibility index (Phi) is 6.10. The maximum atomic E-state index is 6.17. The Balaban J connectivity index is 1.98. The molecule has 1 fully saturated rings. The van der Waals surface area contributed by atoms with Gasteiger partial charge in [-0.1, -0.05) is 45.2 Å². The van der Waals surface area contributed by atoms with Gasteiger partial charge in [0.25, 0.3) is 0 Å². The molecule has 0 radical (unpaired) electrons. The minimum absolute atomic E-state index is 0.479. The number of hydrogen-bond donors (Lipinski definition) is 1. The molecule has 1 N–H and O–H groups in total. The molecule has 2 rings (SSSR count). The molecule has 118 valence electrons. The number of rotatable bonds is 6. The van der Waals surface area contributed by atoms with Gasteiger partial charge in [0, 0.05) is 6.04 Å². The molecule has 0 heterocycles. The van der Waals surface area contributed by atoms with Crippen molar-refractivity contribution < 1.29 is 4.74 Å². The van der Waals surface area contributed by atoms with Gasteiger partial charge in [0.1, 0.15) is 12.4 Å². The molecular formula is C19H31NO. The van der Waals surface area contributed by atoms with Crippen LogP contribution < -0.4 is 10.1 Å². The summed E-state index contributed by atoms with van der Waals surface area (Å²) in [7, 11) is 2.07. The summed E-state index contributed by atoms with van der Waals surface area (Å²) >= 11 is 0. The van der Waals surface area contributed by atoms with Gasteiger partial charge < -0.3 is 10.1 Å². The van der Waals surface area contributed by atoms with E-state index in [9.17, 15) is 0 Å². The average Bonchev–Trinajstić information content (AvgIpc) is 2.50. The Morgan fingerprint density at radius 1 is 1.19 bits per heavy atom. The minimum Gasteiger partial charge on any atom is -0.492 e. The van der Waals surface area contributed by atoms with E-state index in [2.05, 4.69) is 51.3 Å². The lowest BCUT2D eigenvalue weighted by Gasteiger charge is -2.30. The molecule has 21 heavy (non-hydrogen) atoms. The van der Waals surface area contributed by atoms with Crippen molar-refractivity contribution in [1.29, 1.82) is 0 Å². The van der Waals surface area contributed by atoms with E-state index < -0.39 is 0 Å². The average molecular weight is 289 g/mol. The standard InChI is InChI=1S/C19H31NO/c1-14(2)17-11-10-15(3)19(12-17)21-13-18(20-4)16-8-6-5-7-9-16/h10-12,14,16,18,20H,5-9,13H2,1-4H3. The van der Waals surface area contributed by atoms with E-state index in [4.69, 9.17) is 4.74 Å². The van der Waals surface area contributed by atoms with Crippen molar-refractivity contribution in [3.63, 3.8) is 0 Å². The summed E-state index contributed by atoms with van der Waals surface area (Å²) in [5.41, 5.74) is 2.59. The first kappa shape index (κ1) is 16.4. The van der Waals surface area contributed by atoms with Crippen molar-refractivity contribution in [2.24, 2.45) is 5.92 Å². The number of benzene rings is 1. The maximum absolute atomic E-state index is 6.17.